The SMILES string of the molecule is COc1ccc(NC(=O)Nc2nnc(SCC(=O)OCc3ccccc3)s2)cc1. The molecule has 1 heterocycles. The van der Waals surface area contributed by atoms with Crippen molar-refractivity contribution >= 4 is 45.9 Å². The summed E-state index contributed by atoms with van der Waals surface area (Å²) in [5.74, 6) is 0.462. The highest BCUT2D eigenvalue weighted by Crippen LogP contribution is 2.25. The summed E-state index contributed by atoms with van der Waals surface area (Å²) in [6.07, 6.45) is 0. The smallest absolute Gasteiger partial charge is 0.325 e. The summed E-state index contributed by atoms with van der Waals surface area (Å²) in [6.45, 7) is 0.231. The van der Waals surface area contributed by atoms with E-state index in [2.05, 4.69) is 20.8 Å². The molecule has 0 fully saturated rings. The quantitative estimate of drug-likeness (QED) is 0.316. The number of carbonyl (C=O) groups is 2. The average Bonchev–Trinajstić information content (AvgIpc) is 3.19. The number of ether oxygens (including phenoxy) is 2. The van der Waals surface area contributed by atoms with E-state index < -0.39 is 6.03 Å². The molecule has 3 aromatic rings. The summed E-state index contributed by atoms with van der Waals surface area (Å²) in [6, 6.07) is 15.9. The highest BCUT2D eigenvalue weighted by molar-refractivity contribution is 8.01. The van der Waals surface area contributed by atoms with Gasteiger partial charge in [-0.15, -0.1) is 10.2 Å². The Kier molecular flexibility index (Phi) is 7.42. The Morgan fingerprint density at radius 1 is 1.03 bits per heavy atom. The predicted molar refractivity (Wildman–Crippen MR) is 113 cm³/mol. The van der Waals surface area contributed by atoms with E-state index in [-0.39, 0.29) is 18.3 Å². The van der Waals surface area contributed by atoms with Gasteiger partial charge in [-0.25, -0.2) is 4.79 Å². The summed E-state index contributed by atoms with van der Waals surface area (Å²) in [5.41, 5.74) is 1.54. The number of amides is 2. The van der Waals surface area contributed by atoms with Gasteiger partial charge in [-0.2, -0.15) is 0 Å². The number of urea groups is 1. The first-order valence-electron chi connectivity index (χ1n) is 8.50. The van der Waals surface area contributed by atoms with Crippen LogP contribution in [0.4, 0.5) is 15.6 Å². The molecule has 2 amide bonds. The van der Waals surface area contributed by atoms with Gasteiger partial charge in [0, 0.05) is 5.69 Å². The van der Waals surface area contributed by atoms with Crippen molar-refractivity contribution in [2.75, 3.05) is 23.5 Å². The maximum atomic E-state index is 12.0. The Balaban J connectivity index is 1.41. The summed E-state index contributed by atoms with van der Waals surface area (Å²) in [4.78, 5) is 23.9. The van der Waals surface area contributed by atoms with Crippen LogP contribution >= 0.6 is 23.1 Å². The van der Waals surface area contributed by atoms with Crippen molar-refractivity contribution in [1.29, 1.82) is 0 Å². The first-order valence-corrected chi connectivity index (χ1v) is 10.3. The van der Waals surface area contributed by atoms with Crippen LogP contribution in [0.15, 0.2) is 58.9 Å². The molecule has 8 nitrogen and oxygen atoms in total. The van der Waals surface area contributed by atoms with Gasteiger partial charge in [0.15, 0.2) is 4.34 Å². The van der Waals surface area contributed by atoms with E-state index in [1.54, 1.807) is 31.4 Å². The van der Waals surface area contributed by atoms with Crippen LogP contribution in [0.25, 0.3) is 0 Å². The summed E-state index contributed by atoms with van der Waals surface area (Å²) >= 11 is 2.38. The molecule has 1 aromatic heterocycles. The Labute approximate surface area is 175 Å². The van der Waals surface area contributed by atoms with Crippen molar-refractivity contribution in [3.8, 4) is 5.75 Å². The third-order valence-electron chi connectivity index (χ3n) is 3.53. The molecule has 0 radical (unpaired) electrons. The molecule has 150 valence electrons. The van der Waals surface area contributed by atoms with Gasteiger partial charge in [0.1, 0.15) is 12.4 Å². The van der Waals surface area contributed by atoms with Gasteiger partial charge in [-0.1, -0.05) is 53.4 Å². The minimum atomic E-state index is -0.440. The number of aromatic nitrogens is 2. The highest BCUT2D eigenvalue weighted by atomic mass is 32.2. The summed E-state index contributed by atoms with van der Waals surface area (Å²) < 4.78 is 10.8. The molecular formula is C19H18N4O4S2. The maximum Gasteiger partial charge on any atom is 0.325 e. The predicted octanol–water partition coefficient (Wildman–Crippen LogP) is 4.03. The second-order valence-corrected chi connectivity index (χ2v) is 7.82. The fourth-order valence-electron chi connectivity index (χ4n) is 2.15. The van der Waals surface area contributed by atoms with Crippen molar-refractivity contribution in [1.82, 2.24) is 10.2 Å². The van der Waals surface area contributed by atoms with E-state index in [0.717, 1.165) is 5.56 Å². The molecule has 0 aliphatic heterocycles. The number of esters is 1. The molecule has 0 aliphatic rings. The van der Waals surface area contributed by atoms with Gasteiger partial charge >= 0.3 is 12.0 Å². The zero-order valence-electron chi connectivity index (χ0n) is 15.5. The van der Waals surface area contributed by atoms with Crippen molar-refractivity contribution in [2.45, 2.75) is 10.9 Å². The fourth-order valence-corrected chi connectivity index (χ4v) is 3.70. The van der Waals surface area contributed by atoms with E-state index in [1.807, 2.05) is 30.3 Å². The molecule has 2 aromatic carbocycles. The van der Waals surface area contributed by atoms with Gasteiger partial charge in [0.05, 0.1) is 12.9 Å². The zero-order chi connectivity index (χ0) is 20.5. The molecule has 0 bridgehead atoms. The first-order chi connectivity index (χ1) is 14.1. The lowest BCUT2D eigenvalue weighted by molar-refractivity contribution is -0.141. The minimum absolute atomic E-state index is 0.111. The molecule has 0 unspecified atom stereocenters. The number of carbonyl (C=O) groups excluding carboxylic acids is 2. The number of nitrogens with zero attached hydrogens (tertiary/aromatic N) is 2. The lowest BCUT2D eigenvalue weighted by Gasteiger charge is -2.05. The molecular weight excluding hydrogens is 412 g/mol. The first kappa shape index (κ1) is 20.6. The molecule has 29 heavy (non-hydrogen) atoms. The van der Waals surface area contributed by atoms with Crippen molar-refractivity contribution < 1.29 is 19.1 Å². The normalized spacial score (nSPS) is 10.2. The van der Waals surface area contributed by atoms with Crippen LogP contribution in [-0.2, 0) is 16.1 Å². The van der Waals surface area contributed by atoms with Crippen LogP contribution in [0.3, 0.4) is 0 Å². The zero-order valence-corrected chi connectivity index (χ0v) is 17.1. The third-order valence-corrected chi connectivity index (χ3v) is 5.48. The highest BCUT2D eigenvalue weighted by Gasteiger charge is 2.11. The van der Waals surface area contributed by atoms with E-state index in [4.69, 9.17) is 9.47 Å². The van der Waals surface area contributed by atoms with E-state index in [9.17, 15) is 9.59 Å². The number of rotatable bonds is 8. The van der Waals surface area contributed by atoms with E-state index >= 15 is 0 Å². The monoisotopic (exact) mass is 430 g/mol. The van der Waals surface area contributed by atoms with Gasteiger partial charge in [-0.05, 0) is 29.8 Å². The number of benzene rings is 2. The standard InChI is InChI=1S/C19H18N4O4S2/c1-26-15-9-7-14(8-10-15)20-17(25)21-18-22-23-19(29-18)28-12-16(24)27-11-13-5-3-2-4-6-13/h2-10H,11-12H2,1H3,(H2,20,21,22,25). The molecule has 0 aliphatic carbocycles. The van der Waals surface area contributed by atoms with Gasteiger partial charge < -0.3 is 14.8 Å². The van der Waals surface area contributed by atoms with Gasteiger partial charge in [0.25, 0.3) is 0 Å². The largest absolute Gasteiger partial charge is 0.497 e. The Morgan fingerprint density at radius 2 is 1.79 bits per heavy atom. The number of hydrogen-bond acceptors (Lipinski definition) is 8. The van der Waals surface area contributed by atoms with Crippen LogP contribution in [0.2, 0.25) is 0 Å². The number of thioether (sulfide) groups is 1. The van der Waals surface area contributed by atoms with Crippen LogP contribution in [0.5, 0.6) is 5.75 Å². The van der Waals surface area contributed by atoms with Crippen molar-refractivity contribution in [3.63, 3.8) is 0 Å². The topological polar surface area (TPSA) is 102 Å². The van der Waals surface area contributed by atoms with E-state index in [0.29, 0.717) is 20.9 Å². The number of nitrogens with one attached hydrogen (secondary N) is 2. The molecule has 2 N–H and O–H groups in total. The second-order valence-electron chi connectivity index (χ2n) is 5.62. The molecule has 0 saturated carbocycles. The average molecular weight is 431 g/mol. The summed E-state index contributed by atoms with van der Waals surface area (Å²) in [5, 5.41) is 13.5. The lowest BCUT2D eigenvalue weighted by atomic mass is 10.2. The van der Waals surface area contributed by atoms with Crippen LogP contribution in [0.1, 0.15) is 5.56 Å². The van der Waals surface area contributed by atoms with Gasteiger partial charge in [-0.3, -0.25) is 10.1 Å². The Hall–Kier alpha value is -3.11. The fraction of sp³-hybridized carbons (Fsp3) is 0.158. The Bertz CT molecular complexity index is 948. The molecule has 0 spiro atoms. The number of anilines is 2. The van der Waals surface area contributed by atoms with Crippen molar-refractivity contribution in [3.05, 3.63) is 60.2 Å². The molecule has 3 rings (SSSR count). The minimum Gasteiger partial charge on any atom is -0.497 e. The van der Waals surface area contributed by atoms with E-state index in [1.165, 1.54) is 23.1 Å². The molecule has 10 heteroatoms. The van der Waals surface area contributed by atoms with Crippen LogP contribution < -0.4 is 15.4 Å². The summed E-state index contributed by atoms with van der Waals surface area (Å²) in [7, 11) is 1.57. The molecule has 0 atom stereocenters. The maximum absolute atomic E-state index is 12.0. The second kappa shape index (κ2) is 10.4. The lowest BCUT2D eigenvalue weighted by Crippen LogP contribution is -2.19. The third kappa shape index (κ3) is 6.77. The van der Waals surface area contributed by atoms with Crippen LogP contribution in [-0.4, -0.2) is 35.1 Å². The van der Waals surface area contributed by atoms with Crippen molar-refractivity contribution in [2.24, 2.45) is 0 Å². The van der Waals surface area contributed by atoms with Gasteiger partial charge in [0.2, 0.25) is 5.13 Å². The number of hydrogen-bond donors (Lipinski definition) is 2. The molecule has 0 saturated heterocycles. The number of methoxy groups -OCH3 is 1. The Morgan fingerprint density at radius 3 is 2.52 bits per heavy atom. The van der Waals surface area contributed by atoms with Crippen LogP contribution in [0, 0.1) is 0 Å².